The van der Waals surface area contributed by atoms with E-state index in [0.29, 0.717) is 18.4 Å². The standard InChI is InChI=1S/C18H18FN3OS2/c19-13-3-7-15(8-4-13)23-9-11-25-18-21-20-17(22(18)14-5-6-14)12-16-2-1-10-24-16/h1-4,7-8,10,14H,5-6,9,11-12H2. The molecule has 2 aromatic heterocycles. The Kier molecular flexibility index (Phi) is 5.03. The van der Waals surface area contributed by atoms with Crippen LogP contribution in [-0.4, -0.2) is 27.1 Å². The lowest BCUT2D eigenvalue weighted by Crippen LogP contribution is -2.05. The molecule has 0 saturated heterocycles. The number of ether oxygens (including phenoxy) is 1. The quantitative estimate of drug-likeness (QED) is 0.427. The summed E-state index contributed by atoms with van der Waals surface area (Å²) in [6.45, 7) is 0.550. The van der Waals surface area contributed by atoms with Crippen LogP contribution in [0.15, 0.2) is 46.9 Å². The first kappa shape index (κ1) is 16.6. The smallest absolute Gasteiger partial charge is 0.191 e. The Hall–Kier alpha value is -1.86. The van der Waals surface area contributed by atoms with Crippen LogP contribution < -0.4 is 4.74 Å². The Morgan fingerprint density at radius 1 is 1.20 bits per heavy atom. The summed E-state index contributed by atoms with van der Waals surface area (Å²) in [7, 11) is 0. The van der Waals surface area contributed by atoms with Gasteiger partial charge >= 0.3 is 0 Å². The molecular formula is C18H18FN3OS2. The van der Waals surface area contributed by atoms with Gasteiger partial charge < -0.3 is 9.30 Å². The number of rotatable bonds is 8. The fourth-order valence-electron chi connectivity index (χ4n) is 2.62. The van der Waals surface area contributed by atoms with Gasteiger partial charge in [-0.25, -0.2) is 4.39 Å². The number of hydrogen-bond acceptors (Lipinski definition) is 5. The number of thioether (sulfide) groups is 1. The van der Waals surface area contributed by atoms with Gasteiger partial charge in [0.1, 0.15) is 17.4 Å². The zero-order valence-electron chi connectivity index (χ0n) is 13.6. The molecule has 0 atom stereocenters. The Balaban J connectivity index is 1.35. The molecule has 0 unspecified atom stereocenters. The highest BCUT2D eigenvalue weighted by atomic mass is 32.2. The molecule has 0 spiro atoms. The van der Waals surface area contributed by atoms with Crippen LogP contribution in [0.3, 0.4) is 0 Å². The molecule has 7 heteroatoms. The fourth-order valence-corrected chi connectivity index (χ4v) is 4.16. The molecule has 130 valence electrons. The van der Waals surface area contributed by atoms with Crippen LogP contribution in [0.25, 0.3) is 0 Å². The van der Waals surface area contributed by atoms with Crippen molar-refractivity contribution in [2.75, 3.05) is 12.4 Å². The maximum atomic E-state index is 12.9. The van der Waals surface area contributed by atoms with Gasteiger partial charge in [-0.3, -0.25) is 0 Å². The molecule has 1 aromatic carbocycles. The third-order valence-corrected chi connectivity index (χ3v) is 5.74. The van der Waals surface area contributed by atoms with Gasteiger partial charge in [-0.05, 0) is 48.6 Å². The third-order valence-electron chi connectivity index (χ3n) is 3.96. The van der Waals surface area contributed by atoms with Crippen molar-refractivity contribution in [1.29, 1.82) is 0 Å². The average Bonchev–Trinajstić information content (AvgIpc) is 3.17. The van der Waals surface area contributed by atoms with E-state index in [-0.39, 0.29) is 5.82 Å². The van der Waals surface area contributed by atoms with Crippen LogP contribution >= 0.6 is 23.1 Å². The van der Waals surface area contributed by atoms with Gasteiger partial charge in [-0.15, -0.1) is 21.5 Å². The Bertz CT molecular complexity index is 813. The molecule has 4 nitrogen and oxygen atoms in total. The minimum Gasteiger partial charge on any atom is -0.493 e. The van der Waals surface area contributed by atoms with E-state index in [2.05, 4.69) is 32.3 Å². The van der Waals surface area contributed by atoms with Gasteiger partial charge in [-0.2, -0.15) is 0 Å². The summed E-state index contributed by atoms with van der Waals surface area (Å²) in [5.74, 6) is 2.26. The molecule has 4 rings (SSSR count). The predicted octanol–water partition coefficient (Wildman–Crippen LogP) is 4.58. The van der Waals surface area contributed by atoms with Gasteiger partial charge in [-0.1, -0.05) is 17.8 Å². The molecule has 1 aliphatic carbocycles. The molecule has 0 amide bonds. The number of nitrogens with zero attached hydrogens (tertiary/aromatic N) is 3. The molecule has 0 radical (unpaired) electrons. The summed E-state index contributed by atoms with van der Waals surface area (Å²) in [5, 5.41) is 11.9. The minimum atomic E-state index is -0.252. The molecule has 1 saturated carbocycles. The van der Waals surface area contributed by atoms with Crippen LogP contribution in [0.2, 0.25) is 0 Å². The number of aromatic nitrogens is 3. The predicted molar refractivity (Wildman–Crippen MR) is 98.0 cm³/mol. The van der Waals surface area contributed by atoms with Crippen molar-refractivity contribution in [3.63, 3.8) is 0 Å². The summed E-state index contributed by atoms with van der Waals surface area (Å²) in [6, 6.07) is 10.9. The summed E-state index contributed by atoms with van der Waals surface area (Å²) in [4.78, 5) is 1.31. The van der Waals surface area contributed by atoms with Gasteiger partial charge in [0.2, 0.25) is 0 Å². The Morgan fingerprint density at radius 3 is 2.76 bits per heavy atom. The highest BCUT2D eigenvalue weighted by Gasteiger charge is 2.29. The normalized spacial score (nSPS) is 14.0. The maximum Gasteiger partial charge on any atom is 0.191 e. The van der Waals surface area contributed by atoms with Crippen molar-refractivity contribution in [3.05, 3.63) is 58.3 Å². The van der Waals surface area contributed by atoms with Crippen molar-refractivity contribution in [2.24, 2.45) is 0 Å². The lowest BCUT2D eigenvalue weighted by molar-refractivity contribution is 0.343. The van der Waals surface area contributed by atoms with Gasteiger partial charge in [0, 0.05) is 23.1 Å². The second-order valence-corrected chi connectivity index (χ2v) is 8.00. The Labute approximate surface area is 154 Å². The number of hydrogen-bond donors (Lipinski definition) is 0. The summed E-state index contributed by atoms with van der Waals surface area (Å²) in [5.41, 5.74) is 0. The van der Waals surface area contributed by atoms with Gasteiger partial charge in [0.15, 0.2) is 5.16 Å². The molecule has 0 bridgehead atoms. The summed E-state index contributed by atoms with van der Waals surface area (Å²) >= 11 is 3.42. The lowest BCUT2D eigenvalue weighted by Gasteiger charge is -2.09. The van der Waals surface area contributed by atoms with E-state index >= 15 is 0 Å². The largest absolute Gasteiger partial charge is 0.493 e. The Morgan fingerprint density at radius 2 is 2.04 bits per heavy atom. The summed E-state index contributed by atoms with van der Waals surface area (Å²) in [6.07, 6.45) is 3.25. The first-order valence-corrected chi connectivity index (χ1v) is 10.1. The molecule has 1 aliphatic rings. The molecule has 0 N–H and O–H groups in total. The maximum absolute atomic E-state index is 12.9. The van der Waals surface area contributed by atoms with Crippen LogP contribution in [0.4, 0.5) is 4.39 Å². The van der Waals surface area contributed by atoms with Crippen LogP contribution in [0.1, 0.15) is 29.6 Å². The molecular weight excluding hydrogens is 357 g/mol. The van der Waals surface area contributed by atoms with E-state index in [1.165, 1.54) is 29.9 Å². The van der Waals surface area contributed by atoms with Gasteiger partial charge in [0.25, 0.3) is 0 Å². The zero-order valence-corrected chi connectivity index (χ0v) is 15.2. The van der Waals surface area contributed by atoms with Crippen molar-refractivity contribution < 1.29 is 9.13 Å². The molecule has 25 heavy (non-hydrogen) atoms. The number of benzene rings is 1. The van der Waals surface area contributed by atoms with Crippen molar-refractivity contribution in [2.45, 2.75) is 30.5 Å². The average molecular weight is 375 g/mol. The zero-order chi connectivity index (χ0) is 17.1. The first-order valence-electron chi connectivity index (χ1n) is 8.27. The SMILES string of the molecule is Fc1ccc(OCCSc2nnc(Cc3cccs3)n2C2CC2)cc1. The first-order chi connectivity index (χ1) is 12.3. The van der Waals surface area contributed by atoms with Crippen LogP contribution in [0, 0.1) is 5.82 Å². The lowest BCUT2D eigenvalue weighted by atomic mass is 10.3. The molecule has 2 heterocycles. The van der Waals surface area contributed by atoms with E-state index in [4.69, 9.17) is 4.74 Å². The van der Waals surface area contributed by atoms with Crippen molar-refractivity contribution >= 4 is 23.1 Å². The summed E-state index contributed by atoms with van der Waals surface area (Å²) < 4.78 is 20.8. The highest BCUT2D eigenvalue weighted by Crippen LogP contribution is 2.39. The van der Waals surface area contributed by atoms with Crippen molar-refractivity contribution in [1.82, 2.24) is 14.8 Å². The van der Waals surface area contributed by atoms with E-state index in [9.17, 15) is 4.39 Å². The number of thiophene rings is 1. The van der Waals surface area contributed by atoms with E-state index in [1.54, 1.807) is 35.2 Å². The third kappa shape index (κ3) is 4.22. The minimum absolute atomic E-state index is 0.252. The molecule has 3 aromatic rings. The highest BCUT2D eigenvalue weighted by molar-refractivity contribution is 7.99. The van der Waals surface area contributed by atoms with Crippen LogP contribution in [0.5, 0.6) is 5.75 Å². The second kappa shape index (κ2) is 7.58. The number of halogens is 1. The second-order valence-electron chi connectivity index (χ2n) is 5.91. The molecule has 1 fully saturated rings. The van der Waals surface area contributed by atoms with E-state index < -0.39 is 0 Å². The monoisotopic (exact) mass is 375 g/mol. The van der Waals surface area contributed by atoms with Crippen molar-refractivity contribution in [3.8, 4) is 5.75 Å². The fraction of sp³-hybridized carbons (Fsp3) is 0.333. The van der Waals surface area contributed by atoms with E-state index in [1.807, 2.05) is 0 Å². The van der Waals surface area contributed by atoms with E-state index in [0.717, 1.165) is 23.2 Å². The molecule has 0 aliphatic heterocycles. The van der Waals surface area contributed by atoms with Crippen LogP contribution in [-0.2, 0) is 6.42 Å². The van der Waals surface area contributed by atoms with Gasteiger partial charge in [0.05, 0.1) is 6.61 Å². The topological polar surface area (TPSA) is 39.9 Å².